The molecule has 21 heavy (non-hydrogen) atoms. The summed E-state index contributed by atoms with van der Waals surface area (Å²) in [6, 6.07) is 7.78. The number of likely N-dealkylation sites (tertiary alicyclic amines) is 1. The molecule has 1 aromatic heterocycles. The highest BCUT2D eigenvalue weighted by molar-refractivity contribution is 5.98. The number of piperidine rings is 1. The summed E-state index contributed by atoms with van der Waals surface area (Å²) in [5, 5.41) is 1.05. The molecule has 0 radical (unpaired) electrons. The molecular weight excluding hydrogens is 266 g/mol. The highest BCUT2D eigenvalue weighted by atomic mass is 16.5. The van der Waals surface area contributed by atoms with E-state index in [1.165, 1.54) is 0 Å². The van der Waals surface area contributed by atoms with Gasteiger partial charge in [0.1, 0.15) is 0 Å². The summed E-state index contributed by atoms with van der Waals surface area (Å²) < 4.78 is 5.41. The van der Waals surface area contributed by atoms with Crippen molar-refractivity contribution < 1.29 is 9.53 Å². The Bertz CT molecular complexity index is 637. The average molecular weight is 287 g/mol. The Hall–Kier alpha value is -1.85. The van der Waals surface area contributed by atoms with Crippen molar-refractivity contribution >= 4 is 16.8 Å². The van der Waals surface area contributed by atoms with Gasteiger partial charge in [0.05, 0.1) is 6.10 Å². The third-order valence-electron chi connectivity index (χ3n) is 4.33. The van der Waals surface area contributed by atoms with Crippen LogP contribution in [-0.4, -0.2) is 48.1 Å². The molecule has 2 atom stereocenters. The first-order valence-corrected chi connectivity index (χ1v) is 7.34. The minimum absolute atomic E-state index is 0.0538. The lowest BCUT2D eigenvalue weighted by Crippen LogP contribution is -2.51. The maximum atomic E-state index is 12.7. The van der Waals surface area contributed by atoms with Crippen LogP contribution >= 0.6 is 0 Å². The summed E-state index contributed by atoms with van der Waals surface area (Å²) in [7, 11) is 1.72. The second-order valence-corrected chi connectivity index (χ2v) is 5.55. The quantitative estimate of drug-likeness (QED) is 0.903. The van der Waals surface area contributed by atoms with Crippen molar-refractivity contribution in [2.24, 2.45) is 5.73 Å². The molecule has 1 saturated heterocycles. The van der Waals surface area contributed by atoms with Crippen molar-refractivity contribution in [1.29, 1.82) is 0 Å². The Labute approximate surface area is 124 Å². The number of benzene rings is 1. The van der Waals surface area contributed by atoms with Gasteiger partial charge in [-0.15, -0.1) is 0 Å². The molecular formula is C16H21N3O2. The molecule has 5 nitrogen and oxygen atoms in total. The Morgan fingerprint density at radius 3 is 3.10 bits per heavy atom. The Morgan fingerprint density at radius 2 is 2.33 bits per heavy atom. The second-order valence-electron chi connectivity index (χ2n) is 5.55. The molecule has 3 N–H and O–H groups in total. The third-order valence-corrected chi connectivity index (χ3v) is 4.33. The standard InChI is InChI=1S/C16H21N3O2/c1-21-14-5-7-19(13(9-14)10-17)16(20)12-2-3-15-11(8-12)4-6-18-15/h2-4,6,8,13-14,18H,5,7,9-10,17H2,1H3. The van der Waals surface area contributed by atoms with Crippen LogP contribution in [-0.2, 0) is 4.74 Å². The molecule has 1 fully saturated rings. The summed E-state index contributed by atoms with van der Waals surface area (Å²) >= 11 is 0. The lowest BCUT2D eigenvalue weighted by Gasteiger charge is -2.38. The number of aromatic nitrogens is 1. The van der Waals surface area contributed by atoms with Gasteiger partial charge in [0.25, 0.3) is 5.91 Å². The number of carbonyl (C=O) groups is 1. The molecule has 1 aliphatic rings. The first kappa shape index (κ1) is 14.1. The van der Waals surface area contributed by atoms with Crippen molar-refractivity contribution in [3.8, 4) is 0 Å². The number of methoxy groups -OCH3 is 1. The van der Waals surface area contributed by atoms with Gasteiger partial charge in [-0.3, -0.25) is 4.79 Å². The molecule has 0 saturated carbocycles. The number of ether oxygens (including phenoxy) is 1. The smallest absolute Gasteiger partial charge is 0.254 e. The molecule has 2 unspecified atom stereocenters. The summed E-state index contributed by atoms with van der Waals surface area (Å²) in [6.45, 7) is 1.17. The summed E-state index contributed by atoms with van der Waals surface area (Å²) in [6.07, 6.45) is 3.76. The largest absolute Gasteiger partial charge is 0.381 e. The lowest BCUT2D eigenvalue weighted by atomic mass is 9.98. The van der Waals surface area contributed by atoms with Crippen LogP contribution in [0.15, 0.2) is 30.5 Å². The molecule has 1 amide bonds. The van der Waals surface area contributed by atoms with Crippen LogP contribution in [0.2, 0.25) is 0 Å². The fourth-order valence-electron chi connectivity index (χ4n) is 3.07. The van der Waals surface area contributed by atoms with Gasteiger partial charge in [-0.25, -0.2) is 0 Å². The van der Waals surface area contributed by atoms with Crippen LogP contribution in [0.3, 0.4) is 0 Å². The van der Waals surface area contributed by atoms with Gasteiger partial charge < -0.3 is 20.4 Å². The van der Waals surface area contributed by atoms with E-state index < -0.39 is 0 Å². The molecule has 112 valence electrons. The number of hydrogen-bond donors (Lipinski definition) is 2. The van der Waals surface area contributed by atoms with Gasteiger partial charge in [0, 0.05) is 48.9 Å². The zero-order chi connectivity index (χ0) is 14.8. The van der Waals surface area contributed by atoms with Crippen molar-refractivity contribution in [1.82, 2.24) is 9.88 Å². The Balaban J connectivity index is 1.83. The maximum Gasteiger partial charge on any atom is 0.254 e. The normalized spacial score (nSPS) is 22.7. The molecule has 0 aliphatic carbocycles. The predicted octanol–water partition coefficient (Wildman–Crippen LogP) is 1.75. The maximum absolute atomic E-state index is 12.7. The summed E-state index contributed by atoms with van der Waals surface area (Å²) in [4.78, 5) is 17.8. The van der Waals surface area contributed by atoms with Crippen LogP contribution in [0.5, 0.6) is 0 Å². The molecule has 1 aliphatic heterocycles. The predicted molar refractivity (Wildman–Crippen MR) is 82.2 cm³/mol. The highest BCUT2D eigenvalue weighted by Gasteiger charge is 2.31. The topological polar surface area (TPSA) is 71.3 Å². The van der Waals surface area contributed by atoms with Crippen LogP contribution in [0.1, 0.15) is 23.2 Å². The number of nitrogens with one attached hydrogen (secondary N) is 1. The van der Waals surface area contributed by atoms with Gasteiger partial charge in [0.15, 0.2) is 0 Å². The van der Waals surface area contributed by atoms with E-state index in [0.717, 1.165) is 29.3 Å². The van der Waals surface area contributed by atoms with E-state index in [9.17, 15) is 4.79 Å². The van der Waals surface area contributed by atoms with Crippen molar-refractivity contribution in [2.45, 2.75) is 25.0 Å². The lowest BCUT2D eigenvalue weighted by molar-refractivity contribution is 0.0139. The van der Waals surface area contributed by atoms with E-state index in [1.54, 1.807) is 7.11 Å². The Morgan fingerprint density at radius 1 is 1.48 bits per heavy atom. The van der Waals surface area contributed by atoms with Gasteiger partial charge in [0.2, 0.25) is 0 Å². The minimum Gasteiger partial charge on any atom is -0.381 e. The van der Waals surface area contributed by atoms with Crippen molar-refractivity contribution in [3.63, 3.8) is 0 Å². The van der Waals surface area contributed by atoms with Crippen LogP contribution in [0.4, 0.5) is 0 Å². The number of hydrogen-bond acceptors (Lipinski definition) is 3. The van der Waals surface area contributed by atoms with E-state index in [2.05, 4.69) is 4.98 Å². The fraction of sp³-hybridized carbons (Fsp3) is 0.438. The first-order valence-electron chi connectivity index (χ1n) is 7.34. The molecule has 3 rings (SSSR count). The molecule has 0 bridgehead atoms. The van der Waals surface area contributed by atoms with Crippen LogP contribution < -0.4 is 5.73 Å². The molecule has 1 aromatic carbocycles. The van der Waals surface area contributed by atoms with E-state index in [-0.39, 0.29) is 18.1 Å². The van der Waals surface area contributed by atoms with Crippen LogP contribution in [0.25, 0.3) is 10.9 Å². The number of nitrogens with two attached hydrogens (primary N) is 1. The van der Waals surface area contributed by atoms with Gasteiger partial charge in [-0.2, -0.15) is 0 Å². The van der Waals surface area contributed by atoms with Crippen LogP contribution in [0, 0.1) is 0 Å². The number of H-pyrrole nitrogens is 1. The molecule has 2 aromatic rings. The third kappa shape index (κ3) is 2.66. The molecule has 0 spiro atoms. The first-order chi connectivity index (χ1) is 10.2. The van der Waals surface area contributed by atoms with E-state index >= 15 is 0 Å². The van der Waals surface area contributed by atoms with Crippen molar-refractivity contribution in [3.05, 3.63) is 36.0 Å². The number of rotatable bonds is 3. The number of aromatic amines is 1. The van der Waals surface area contributed by atoms with E-state index in [1.807, 2.05) is 35.4 Å². The van der Waals surface area contributed by atoms with E-state index in [0.29, 0.717) is 13.1 Å². The molecule has 2 heterocycles. The van der Waals surface area contributed by atoms with Crippen molar-refractivity contribution in [2.75, 3.05) is 20.2 Å². The average Bonchev–Trinajstić information content (AvgIpc) is 3.01. The number of carbonyl (C=O) groups excluding carboxylic acids is 1. The van der Waals surface area contributed by atoms with E-state index in [4.69, 9.17) is 10.5 Å². The minimum atomic E-state index is 0.0538. The van der Waals surface area contributed by atoms with Gasteiger partial charge in [-0.1, -0.05) is 0 Å². The Kier molecular flexibility index (Phi) is 3.94. The zero-order valence-electron chi connectivity index (χ0n) is 12.2. The fourth-order valence-corrected chi connectivity index (χ4v) is 3.07. The number of amides is 1. The summed E-state index contributed by atoms with van der Waals surface area (Å²) in [5.74, 6) is 0.0584. The number of fused-ring (bicyclic) bond motifs is 1. The number of nitrogens with zero attached hydrogens (tertiary/aromatic N) is 1. The second kappa shape index (κ2) is 5.87. The molecule has 5 heteroatoms. The monoisotopic (exact) mass is 287 g/mol. The SMILES string of the molecule is COC1CCN(C(=O)c2ccc3[nH]ccc3c2)C(CN)C1. The highest BCUT2D eigenvalue weighted by Crippen LogP contribution is 2.23. The van der Waals surface area contributed by atoms with Gasteiger partial charge in [-0.05, 0) is 37.1 Å². The summed E-state index contributed by atoms with van der Waals surface area (Å²) in [5.41, 5.74) is 7.61. The zero-order valence-corrected chi connectivity index (χ0v) is 12.2. The van der Waals surface area contributed by atoms with Gasteiger partial charge >= 0.3 is 0 Å².